The summed E-state index contributed by atoms with van der Waals surface area (Å²) in [6, 6.07) is 1.81. The third-order valence-electron chi connectivity index (χ3n) is 2.53. The van der Waals surface area contributed by atoms with E-state index in [1.807, 2.05) is 13.0 Å². The summed E-state index contributed by atoms with van der Waals surface area (Å²) in [6.45, 7) is 2.34. The number of hydrogen-bond acceptors (Lipinski definition) is 3. The number of carbonyl (C=O) groups is 1. The van der Waals surface area contributed by atoms with Crippen LogP contribution in [0.15, 0.2) is 10.5 Å². The van der Waals surface area contributed by atoms with E-state index in [2.05, 4.69) is 20.9 Å². The maximum atomic E-state index is 11.7. The maximum Gasteiger partial charge on any atom is 0.228 e. The quantitative estimate of drug-likeness (QED) is 0.808. The van der Waals surface area contributed by atoms with Gasteiger partial charge in [-0.05, 0) is 28.9 Å². The molecule has 0 spiro atoms. The second kappa shape index (κ2) is 4.22. The molecule has 16 heavy (non-hydrogen) atoms. The minimum absolute atomic E-state index is 0.00995. The third-order valence-corrected chi connectivity index (χ3v) is 3.62. The monoisotopic (exact) mass is 303 g/mol. The molecule has 0 bridgehead atoms. The van der Waals surface area contributed by atoms with E-state index in [-0.39, 0.29) is 11.3 Å². The molecule has 2 rings (SSSR count). The summed E-state index contributed by atoms with van der Waals surface area (Å²) in [5.41, 5.74) is 7.24. The number of anilines is 2. The SMILES string of the molecule is Cc1nc(N)c(N2CC(Cl)CC2=O)cc1Br. The summed E-state index contributed by atoms with van der Waals surface area (Å²) in [5, 5.41) is -0.146. The van der Waals surface area contributed by atoms with Gasteiger partial charge in [0.2, 0.25) is 5.91 Å². The van der Waals surface area contributed by atoms with E-state index in [0.717, 1.165) is 10.2 Å². The number of carbonyl (C=O) groups excluding carboxylic acids is 1. The fourth-order valence-electron chi connectivity index (χ4n) is 1.70. The smallest absolute Gasteiger partial charge is 0.228 e. The molecule has 1 aromatic heterocycles. The highest BCUT2D eigenvalue weighted by Gasteiger charge is 2.30. The molecule has 1 aromatic rings. The summed E-state index contributed by atoms with van der Waals surface area (Å²) in [5.74, 6) is 0.351. The lowest BCUT2D eigenvalue weighted by molar-refractivity contribution is -0.117. The molecule has 6 heteroatoms. The van der Waals surface area contributed by atoms with Crippen LogP contribution in [-0.2, 0) is 4.79 Å². The van der Waals surface area contributed by atoms with Gasteiger partial charge in [0.15, 0.2) is 0 Å². The van der Waals surface area contributed by atoms with Gasteiger partial charge in [-0.3, -0.25) is 4.79 Å². The van der Waals surface area contributed by atoms with Gasteiger partial charge >= 0.3 is 0 Å². The van der Waals surface area contributed by atoms with Crippen LogP contribution in [0.2, 0.25) is 0 Å². The second-order valence-electron chi connectivity index (χ2n) is 3.77. The van der Waals surface area contributed by atoms with Crippen molar-refractivity contribution >= 4 is 44.9 Å². The van der Waals surface area contributed by atoms with E-state index in [1.54, 1.807) is 4.90 Å². The summed E-state index contributed by atoms with van der Waals surface area (Å²) >= 11 is 9.31. The first kappa shape index (κ1) is 11.7. The highest BCUT2D eigenvalue weighted by atomic mass is 79.9. The van der Waals surface area contributed by atoms with Crippen molar-refractivity contribution in [2.24, 2.45) is 0 Å². The molecule has 2 N–H and O–H groups in total. The van der Waals surface area contributed by atoms with Crippen LogP contribution in [0, 0.1) is 6.92 Å². The summed E-state index contributed by atoms with van der Waals surface area (Å²) in [4.78, 5) is 17.4. The zero-order chi connectivity index (χ0) is 11.9. The van der Waals surface area contributed by atoms with Crippen LogP contribution in [0.1, 0.15) is 12.1 Å². The van der Waals surface area contributed by atoms with Gasteiger partial charge in [-0.1, -0.05) is 0 Å². The number of halogens is 2. The van der Waals surface area contributed by atoms with Crippen molar-refractivity contribution in [3.63, 3.8) is 0 Å². The molecule has 2 heterocycles. The number of alkyl halides is 1. The van der Waals surface area contributed by atoms with Crippen molar-refractivity contribution in [2.75, 3.05) is 17.2 Å². The van der Waals surface area contributed by atoms with Gasteiger partial charge in [0.25, 0.3) is 0 Å². The number of aryl methyl sites for hydroxylation is 1. The van der Waals surface area contributed by atoms with Crippen molar-refractivity contribution in [1.82, 2.24) is 4.98 Å². The largest absolute Gasteiger partial charge is 0.382 e. The molecule has 1 unspecified atom stereocenters. The lowest BCUT2D eigenvalue weighted by atomic mass is 10.3. The molecule has 1 aliphatic rings. The van der Waals surface area contributed by atoms with Gasteiger partial charge in [0, 0.05) is 17.4 Å². The molecule has 1 amide bonds. The first-order chi connectivity index (χ1) is 7.49. The molecule has 1 fully saturated rings. The van der Waals surface area contributed by atoms with Gasteiger partial charge in [0.05, 0.1) is 16.8 Å². The normalized spacial score (nSPS) is 20.6. The Balaban J connectivity index is 2.41. The molecule has 4 nitrogen and oxygen atoms in total. The molecule has 1 saturated heterocycles. The standard InChI is InChI=1S/C10H11BrClN3O/c1-5-7(11)3-8(10(13)14-5)15-4-6(12)2-9(15)16/h3,6H,2,4H2,1H3,(H2,13,14). The first-order valence-corrected chi connectivity index (χ1v) is 6.09. The van der Waals surface area contributed by atoms with Crippen LogP contribution in [-0.4, -0.2) is 22.8 Å². The number of pyridine rings is 1. The van der Waals surface area contributed by atoms with E-state index in [0.29, 0.717) is 24.5 Å². The molecular formula is C10H11BrClN3O. The van der Waals surface area contributed by atoms with E-state index in [4.69, 9.17) is 17.3 Å². The fraction of sp³-hybridized carbons (Fsp3) is 0.400. The number of nitrogens with zero attached hydrogens (tertiary/aromatic N) is 2. The average Bonchev–Trinajstić information content (AvgIpc) is 2.51. The average molecular weight is 305 g/mol. The molecular weight excluding hydrogens is 293 g/mol. The Morgan fingerprint density at radius 3 is 2.94 bits per heavy atom. The highest BCUT2D eigenvalue weighted by Crippen LogP contribution is 2.31. The van der Waals surface area contributed by atoms with E-state index in [9.17, 15) is 4.79 Å². The van der Waals surface area contributed by atoms with Gasteiger partial charge < -0.3 is 10.6 Å². The van der Waals surface area contributed by atoms with Crippen LogP contribution < -0.4 is 10.6 Å². The zero-order valence-corrected chi connectivity index (χ0v) is 11.0. The van der Waals surface area contributed by atoms with Gasteiger partial charge in [-0.15, -0.1) is 11.6 Å². The van der Waals surface area contributed by atoms with Crippen LogP contribution in [0.5, 0.6) is 0 Å². The van der Waals surface area contributed by atoms with Gasteiger partial charge in [-0.25, -0.2) is 4.98 Å². The van der Waals surface area contributed by atoms with Crippen molar-refractivity contribution in [3.05, 3.63) is 16.2 Å². The fourth-order valence-corrected chi connectivity index (χ4v) is 2.28. The number of nitrogen functional groups attached to an aromatic ring is 1. The summed E-state index contributed by atoms with van der Waals surface area (Å²) in [6.07, 6.45) is 0.354. The Kier molecular flexibility index (Phi) is 3.08. The van der Waals surface area contributed by atoms with Crippen LogP contribution >= 0.6 is 27.5 Å². The van der Waals surface area contributed by atoms with E-state index >= 15 is 0 Å². The van der Waals surface area contributed by atoms with E-state index in [1.165, 1.54) is 0 Å². The Labute approximate surface area is 107 Å². The molecule has 0 aromatic carbocycles. The van der Waals surface area contributed by atoms with Crippen molar-refractivity contribution < 1.29 is 4.79 Å². The maximum absolute atomic E-state index is 11.7. The molecule has 0 aliphatic carbocycles. The predicted octanol–water partition coefficient (Wildman–Crippen LogP) is 2.08. The van der Waals surface area contributed by atoms with Crippen molar-refractivity contribution in [3.8, 4) is 0 Å². The second-order valence-corrected chi connectivity index (χ2v) is 5.24. The number of amides is 1. The van der Waals surface area contributed by atoms with Gasteiger partial charge in [0.1, 0.15) is 5.82 Å². The van der Waals surface area contributed by atoms with Gasteiger partial charge in [-0.2, -0.15) is 0 Å². The molecule has 1 atom stereocenters. The minimum Gasteiger partial charge on any atom is -0.382 e. The van der Waals surface area contributed by atoms with Crippen molar-refractivity contribution in [2.45, 2.75) is 18.7 Å². The number of hydrogen-bond donors (Lipinski definition) is 1. The Morgan fingerprint density at radius 1 is 1.69 bits per heavy atom. The van der Waals surface area contributed by atoms with Crippen LogP contribution in [0.25, 0.3) is 0 Å². The lowest BCUT2D eigenvalue weighted by Gasteiger charge is -2.18. The van der Waals surface area contributed by atoms with Crippen LogP contribution in [0.4, 0.5) is 11.5 Å². The van der Waals surface area contributed by atoms with E-state index < -0.39 is 0 Å². The molecule has 0 radical (unpaired) electrons. The first-order valence-electron chi connectivity index (χ1n) is 4.86. The molecule has 0 saturated carbocycles. The Hall–Kier alpha value is -0.810. The minimum atomic E-state index is -0.146. The topological polar surface area (TPSA) is 59.2 Å². The number of rotatable bonds is 1. The Morgan fingerprint density at radius 2 is 2.38 bits per heavy atom. The van der Waals surface area contributed by atoms with Crippen molar-refractivity contribution in [1.29, 1.82) is 0 Å². The summed E-state index contributed by atoms with van der Waals surface area (Å²) in [7, 11) is 0. The molecule has 86 valence electrons. The highest BCUT2D eigenvalue weighted by molar-refractivity contribution is 9.10. The zero-order valence-electron chi connectivity index (χ0n) is 8.70. The molecule has 1 aliphatic heterocycles. The summed E-state index contributed by atoms with van der Waals surface area (Å²) < 4.78 is 0.836. The van der Waals surface area contributed by atoms with Crippen LogP contribution in [0.3, 0.4) is 0 Å². The number of nitrogens with two attached hydrogens (primary N) is 1. The predicted molar refractivity (Wildman–Crippen MR) is 67.7 cm³/mol. The number of aromatic nitrogens is 1. The third kappa shape index (κ3) is 2.01. The Bertz CT molecular complexity index is 452. The lowest BCUT2D eigenvalue weighted by Crippen LogP contribution is -2.26.